The molecule has 3 aliphatic rings. The monoisotopic (exact) mass is 436 g/mol. The summed E-state index contributed by atoms with van der Waals surface area (Å²) in [6.45, 7) is 0. The van der Waals surface area contributed by atoms with Crippen LogP contribution < -0.4 is 9.80 Å². The molecule has 0 radical (unpaired) electrons. The molecule has 5 rings (SSSR count). The fourth-order valence-electron chi connectivity index (χ4n) is 4.64. The Morgan fingerprint density at radius 3 is 2.58 bits per heavy atom. The number of hydrogen-bond donors (Lipinski definition) is 0. The Labute approximate surface area is 182 Å². The highest BCUT2D eigenvalue weighted by Gasteiger charge is 2.44. The molecule has 3 heterocycles. The number of imide groups is 1. The van der Waals surface area contributed by atoms with E-state index in [9.17, 15) is 19.2 Å². The molecule has 2 aliphatic heterocycles. The molecule has 0 spiro atoms. The third-order valence-electron chi connectivity index (χ3n) is 6.14. The van der Waals surface area contributed by atoms with E-state index in [0.29, 0.717) is 21.8 Å². The summed E-state index contributed by atoms with van der Waals surface area (Å²) in [6.07, 6.45) is 3.30. The molecule has 0 atom stereocenters. The van der Waals surface area contributed by atoms with Crippen molar-refractivity contribution in [3.05, 3.63) is 51.4 Å². The molecule has 1 aromatic carbocycles. The van der Waals surface area contributed by atoms with E-state index in [1.165, 1.54) is 23.3 Å². The summed E-state index contributed by atoms with van der Waals surface area (Å²) in [5, 5.41) is 0.316. The van der Waals surface area contributed by atoms with E-state index in [-0.39, 0.29) is 23.5 Å². The van der Waals surface area contributed by atoms with Crippen LogP contribution in [-0.4, -0.2) is 37.8 Å². The van der Waals surface area contributed by atoms with Crippen LogP contribution in [0.5, 0.6) is 0 Å². The summed E-state index contributed by atoms with van der Waals surface area (Å²) in [6, 6.07) is 7.21. The van der Waals surface area contributed by atoms with E-state index in [1.54, 1.807) is 19.2 Å². The van der Waals surface area contributed by atoms with Crippen LogP contribution in [0, 0.1) is 0 Å². The van der Waals surface area contributed by atoms with Gasteiger partial charge < -0.3 is 9.64 Å². The smallest absolute Gasteiger partial charge is 0.341 e. The highest BCUT2D eigenvalue weighted by atomic mass is 32.1. The van der Waals surface area contributed by atoms with Crippen LogP contribution in [0.3, 0.4) is 0 Å². The number of methoxy groups -OCH3 is 1. The molecule has 0 N–H and O–H groups in total. The van der Waals surface area contributed by atoms with Crippen molar-refractivity contribution in [1.82, 2.24) is 0 Å². The lowest BCUT2D eigenvalue weighted by molar-refractivity contribution is -0.121. The normalized spacial score (nSPS) is 20.4. The van der Waals surface area contributed by atoms with Gasteiger partial charge in [0.05, 0.1) is 30.4 Å². The van der Waals surface area contributed by atoms with Gasteiger partial charge >= 0.3 is 5.97 Å². The van der Waals surface area contributed by atoms with Crippen molar-refractivity contribution in [1.29, 1.82) is 0 Å². The average molecular weight is 436 g/mol. The molecule has 1 aliphatic carbocycles. The first kappa shape index (κ1) is 19.7. The van der Waals surface area contributed by atoms with Crippen LogP contribution in [0.2, 0.25) is 0 Å². The number of benzene rings is 1. The second kappa shape index (κ2) is 7.16. The standard InChI is InChI=1S/C23H20N2O5S/c1-24-15-9-5-3-7-12(15)18(21(24)28)14-11-17(26)25(20(14)27)22-19(23(29)30-2)13-8-4-6-10-16(13)31-22/h3,5,7,9H,4,6,8,10-11H2,1-2H3/b18-14-. The summed E-state index contributed by atoms with van der Waals surface area (Å²) in [4.78, 5) is 55.6. The maximum atomic E-state index is 13.5. The quantitative estimate of drug-likeness (QED) is 0.410. The number of hydrogen-bond acceptors (Lipinski definition) is 6. The molecule has 0 bridgehead atoms. The molecule has 7 nitrogen and oxygen atoms in total. The highest BCUT2D eigenvalue weighted by molar-refractivity contribution is 7.17. The third kappa shape index (κ3) is 2.78. The largest absolute Gasteiger partial charge is 0.465 e. The zero-order valence-electron chi connectivity index (χ0n) is 17.2. The second-order valence-corrected chi connectivity index (χ2v) is 8.91. The number of anilines is 2. The molecule has 8 heteroatoms. The zero-order chi connectivity index (χ0) is 21.9. The molecule has 1 aromatic heterocycles. The Hall–Kier alpha value is -3.26. The Bertz CT molecular complexity index is 1210. The highest BCUT2D eigenvalue weighted by Crippen LogP contribution is 2.45. The van der Waals surface area contributed by atoms with Gasteiger partial charge in [-0.15, -0.1) is 11.3 Å². The molecule has 1 fully saturated rings. The lowest BCUT2D eigenvalue weighted by Gasteiger charge is -2.14. The molecule has 2 aromatic rings. The zero-order valence-corrected chi connectivity index (χ0v) is 18.0. The van der Waals surface area contributed by atoms with Crippen LogP contribution in [0.1, 0.15) is 45.6 Å². The van der Waals surface area contributed by atoms with Crippen molar-refractivity contribution in [2.75, 3.05) is 24.0 Å². The van der Waals surface area contributed by atoms with Crippen molar-refractivity contribution >= 4 is 51.3 Å². The predicted molar refractivity (Wildman–Crippen MR) is 116 cm³/mol. The lowest BCUT2D eigenvalue weighted by Crippen LogP contribution is -2.30. The number of carbonyl (C=O) groups excluding carboxylic acids is 4. The first-order chi connectivity index (χ1) is 14.9. The lowest BCUT2D eigenvalue weighted by atomic mass is 9.95. The molecule has 0 unspecified atom stereocenters. The van der Waals surface area contributed by atoms with Gasteiger partial charge in [0.15, 0.2) is 0 Å². The average Bonchev–Trinajstić information content (AvgIpc) is 3.37. The van der Waals surface area contributed by atoms with E-state index in [2.05, 4.69) is 0 Å². The van der Waals surface area contributed by atoms with Gasteiger partial charge in [-0.05, 0) is 37.3 Å². The van der Waals surface area contributed by atoms with Gasteiger partial charge in [-0.1, -0.05) is 18.2 Å². The number of para-hydroxylation sites is 1. The molecular weight excluding hydrogens is 416 g/mol. The van der Waals surface area contributed by atoms with Crippen molar-refractivity contribution < 1.29 is 23.9 Å². The topological polar surface area (TPSA) is 84.0 Å². The van der Waals surface area contributed by atoms with Gasteiger partial charge in [0.1, 0.15) is 5.00 Å². The minimum Gasteiger partial charge on any atom is -0.465 e. The number of aryl methyl sites for hydroxylation is 1. The van der Waals surface area contributed by atoms with Crippen molar-refractivity contribution in [2.45, 2.75) is 32.1 Å². The Morgan fingerprint density at radius 1 is 1.06 bits per heavy atom. The molecular formula is C23H20N2O5S. The number of esters is 1. The number of amides is 3. The fraction of sp³-hybridized carbons (Fsp3) is 0.304. The molecule has 158 valence electrons. The first-order valence-corrected chi connectivity index (χ1v) is 11.0. The second-order valence-electron chi connectivity index (χ2n) is 7.83. The predicted octanol–water partition coefficient (Wildman–Crippen LogP) is 3.11. The van der Waals surface area contributed by atoms with Crippen molar-refractivity contribution in [3.8, 4) is 0 Å². The van der Waals surface area contributed by atoms with Crippen LogP contribution in [0.4, 0.5) is 10.7 Å². The number of rotatable bonds is 2. The first-order valence-electron chi connectivity index (χ1n) is 10.1. The van der Waals surface area contributed by atoms with Gasteiger partial charge in [0.25, 0.3) is 11.8 Å². The number of nitrogens with zero attached hydrogens (tertiary/aromatic N) is 2. The summed E-state index contributed by atoms with van der Waals surface area (Å²) in [7, 11) is 2.94. The van der Waals surface area contributed by atoms with Crippen molar-refractivity contribution in [3.63, 3.8) is 0 Å². The molecule has 31 heavy (non-hydrogen) atoms. The summed E-state index contributed by atoms with van der Waals surface area (Å²) in [5.41, 5.74) is 2.98. The van der Waals surface area contributed by atoms with E-state index >= 15 is 0 Å². The van der Waals surface area contributed by atoms with Crippen LogP contribution in [0.15, 0.2) is 29.8 Å². The molecule has 3 amide bonds. The number of likely N-dealkylation sites (N-methyl/N-ethyl adjacent to an activating group) is 1. The van der Waals surface area contributed by atoms with Gasteiger partial charge in [0, 0.05) is 23.1 Å². The minimum absolute atomic E-state index is 0.175. The van der Waals surface area contributed by atoms with E-state index in [4.69, 9.17) is 4.74 Å². The number of ether oxygens (including phenoxy) is 1. The number of thiophene rings is 1. The maximum Gasteiger partial charge on any atom is 0.341 e. The summed E-state index contributed by atoms with van der Waals surface area (Å²) in [5.74, 6) is -1.82. The third-order valence-corrected chi connectivity index (χ3v) is 7.42. The van der Waals surface area contributed by atoms with Gasteiger partial charge in [-0.2, -0.15) is 0 Å². The van der Waals surface area contributed by atoms with Crippen LogP contribution >= 0.6 is 11.3 Å². The van der Waals surface area contributed by atoms with E-state index < -0.39 is 17.8 Å². The Morgan fingerprint density at radius 2 is 1.81 bits per heavy atom. The number of carbonyl (C=O) groups is 4. The maximum absolute atomic E-state index is 13.5. The Kier molecular flexibility index (Phi) is 4.55. The van der Waals surface area contributed by atoms with E-state index in [1.807, 2.05) is 12.1 Å². The number of fused-ring (bicyclic) bond motifs is 2. The van der Waals surface area contributed by atoms with Gasteiger partial charge in [-0.3, -0.25) is 14.4 Å². The SMILES string of the molecule is COC(=O)c1c(N2C(=O)C/C(=C3/C(=O)N(C)c4ccccc43)C2=O)sc2c1CCCC2. The van der Waals surface area contributed by atoms with Gasteiger partial charge in [0.2, 0.25) is 5.91 Å². The van der Waals surface area contributed by atoms with Gasteiger partial charge in [-0.25, -0.2) is 9.69 Å². The van der Waals surface area contributed by atoms with Crippen LogP contribution in [-0.2, 0) is 32.0 Å². The minimum atomic E-state index is -0.543. The Balaban J connectivity index is 1.65. The molecule has 1 saturated heterocycles. The van der Waals surface area contributed by atoms with E-state index in [0.717, 1.165) is 41.0 Å². The summed E-state index contributed by atoms with van der Waals surface area (Å²) < 4.78 is 4.98. The summed E-state index contributed by atoms with van der Waals surface area (Å²) >= 11 is 1.31. The van der Waals surface area contributed by atoms with Crippen molar-refractivity contribution in [2.24, 2.45) is 0 Å². The fourth-order valence-corrected chi connectivity index (χ4v) is 6.03. The molecule has 0 saturated carbocycles. The van der Waals surface area contributed by atoms with Crippen LogP contribution in [0.25, 0.3) is 5.57 Å².